The first-order valence-electron chi connectivity index (χ1n) is 6.92. The maximum absolute atomic E-state index is 6.02. The van der Waals surface area contributed by atoms with Crippen LogP contribution >= 0.6 is 15.9 Å². The number of nitrogens with two attached hydrogens (primary N) is 1. The predicted molar refractivity (Wildman–Crippen MR) is 91.9 cm³/mol. The monoisotopic (exact) mass is 348 g/mol. The van der Waals surface area contributed by atoms with E-state index in [0.29, 0.717) is 6.54 Å². The van der Waals surface area contributed by atoms with Gasteiger partial charge in [-0.05, 0) is 43.2 Å². The zero-order chi connectivity index (χ0) is 15.3. The number of ether oxygens (including phenoxy) is 1. The van der Waals surface area contributed by atoms with Gasteiger partial charge in [-0.2, -0.15) is 0 Å². The molecule has 0 heterocycles. The molecule has 0 aliphatic rings. The Morgan fingerprint density at radius 1 is 1.19 bits per heavy atom. The summed E-state index contributed by atoms with van der Waals surface area (Å²) < 4.78 is 6.47. The van der Waals surface area contributed by atoms with Gasteiger partial charge in [0, 0.05) is 16.7 Å². The van der Waals surface area contributed by atoms with Crippen molar-refractivity contribution in [1.29, 1.82) is 0 Å². The van der Waals surface area contributed by atoms with Crippen molar-refractivity contribution in [3.63, 3.8) is 0 Å². The molecular formula is C17H21BrN2O. The van der Waals surface area contributed by atoms with Crippen molar-refractivity contribution in [3.05, 3.63) is 58.6 Å². The number of anilines is 1. The van der Waals surface area contributed by atoms with Crippen LogP contribution in [0.5, 0.6) is 5.75 Å². The number of halogens is 1. The fraction of sp³-hybridized carbons (Fsp3) is 0.294. The average molecular weight is 349 g/mol. The normalized spacial score (nSPS) is 13.5. The van der Waals surface area contributed by atoms with Gasteiger partial charge in [-0.3, -0.25) is 0 Å². The molecule has 2 rings (SSSR count). The Morgan fingerprint density at radius 2 is 1.95 bits per heavy atom. The molecule has 0 bridgehead atoms. The molecule has 0 aromatic heterocycles. The zero-order valence-electron chi connectivity index (χ0n) is 12.4. The molecule has 4 heteroatoms. The van der Waals surface area contributed by atoms with E-state index in [1.807, 2.05) is 36.4 Å². The van der Waals surface area contributed by atoms with E-state index in [1.54, 1.807) is 7.11 Å². The molecule has 0 fully saturated rings. The predicted octanol–water partition coefficient (Wildman–Crippen LogP) is 3.83. The van der Waals surface area contributed by atoms with Crippen LogP contribution in [0.25, 0.3) is 0 Å². The third-order valence-corrected chi connectivity index (χ3v) is 3.99. The van der Waals surface area contributed by atoms with Crippen molar-refractivity contribution < 1.29 is 4.74 Å². The quantitative estimate of drug-likeness (QED) is 0.833. The number of hydrogen-bond acceptors (Lipinski definition) is 3. The van der Waals surface area contributed by atoms with Crippen molar-refractivity contribution in [1.82, 2.24) is 0 Å². The first-order chi connectivity index (χ1) is 10.1. The SMILES string of the molecule is COc1ccccc1CC(C)(CN)Nc1cccc(Br)c1. The molecule has 0 aliphatic heterocycles. The van der Waals surface area contributed by atoms with E-state index in [2.05, 4.69) is 40.3 Å². The second-order valence-corrected chi connectivity index (χ2v) is 6.30. The van der Waals surface area contributed by atoms with Crippen LogP contribution in [0.2, 0.25) is 0 Å². The third kappa shape index (κ3) is 4.22. The lowest BCUT2D eigenvalue weighted by Gasteiger charge is -2.31. The maximum Gasteiger partial charge on any atom is 0.122 e. The highest BCUT2D eigenvalue weighted by Crippen LogP contribution is 2.26. The highest BCUT2D eigenvalue weighted by atomic mass is 79.9. The van der Waals surface area contributed by atoms with Crippen LogP contribution in [-0.4, -0.2) is 19.2 Å². The summed E-state index contributed by atoms with van der Waals surface area (Å²) in [5, 5.41) is 3.54. The number of rotatable bonds is 6. The summed E-state index contributed by atoms with van der Waals surface area (Å²) in [6.45, 7) is 2.65. The average Bonchev–Trinajstić information content (AvgIpc) is 2.47. The molecule has 2 aromatic carbocycles. The van der Waals surface area contributed by atoms with Crippen molar-refractivity contribution >= 4 is 21.6 Å². The lowest BCUT2D eigenvalue weighted by Crippen LogP contribution is -2.44. The number of methoxy groups -OCH3 is 1. The van der Waals surface area contributed by atoms with Gasteiger partial charge in [-0.1, -0.05) is 40.2 Å². The molecule has 0 saturated heterocycles. The number of para-hydroxylation sites is 1. The minimum atomic E-state index is -0.241. The second-order valence-electron chi connectivity index (χ2n) is 5.39. The summed E-state index contributed by atoms with van der Waals surface area (Å²) in [6.07, 6.45) is 0.792. The highest BCUT2D eigenvalue weighted by Gasteiger charge is 2.24. The summed E-state index contributed by atoms with van der Waals surface area (Å²) in [4.78, 5) is 0. The molecule has 1 atom stereocenters. The fourth-order valence-electron chi connectivity index (χ4n) is 2.35. The Morgan fingerprint density at radius 3 is 2.62 bits per heavy atom. The maximum atomic E-state index is 6.02. The minimum Gasteiger partial charge on any atom is -0.496 e. The van der Waals surface area contributed by atoms with Crippen molar-refractivity contribution in [2.75, 3.05) is 19.0 Å². The van der Waals surface area contributed by atoms with E-state index >= 15 is 0 Å². The number of nitrogens with one attached hydrogen (secondary N) is 1. The van der Waals surface area contributed by atoms with E-state index in [-0.39, 0.29) is 5.54 Å². The molecule has 0 saturated carbocycles. The third-order valence-electron chi connectivity index (χ3n) is 3.49. The van der Waals surface area contributed by atoms with Crippen LogP contribution < -0.4 is 15.8 Å². The van der Waals surface area contributed by atoms with Gasteiger partial charge >= 0.3 is 0 Å². The van der Waals surface area contributed by atoms with Crippen molar-refractivity contribution in [2.45, 2.75) is 18.9 Å². The van der Waals surface area contributed by atoms with Crippen LogP contribution in [0.15, 0.2) is 53.0 Å². The van der Waals surface area contributed by atoms with Crippen molar-refractivity contribution in [3.8, 4) is 5.75 Å². The van der Waals surface area contributed by atoms with Gasteiger partial charge in [0.05, 0.1) is 12.6 Å². The summed E-state index contributed by atoms with van der Waals surface area (Å²) >= 11 is 3.49. The van der Waals surface area contributed by atoms with Gasteiger partial charge in [-0.25, -0.2) is 0 Å². The van der Waals surface area contributed by atoms with E-state index in [9.17, 15) is 0 Å². The first-order valence-corrected chi connectivity index (χ1v) is 7.71. The van der Waals surface area contributed by atoms with E-state index < -0.39 is 0 Å². The fourth-order valence-corrected chi connectivity index (χ4v) is 2.75. The zero-order valence-corrected chi connectivity index (χ0v) is 14.0. The molecule has 2 aromatic rings. The van der Waals surface area contributed by atoms with Crippen LogP contribution in [-0.2, 0) is 6.42 Å². The Balaban J connectivity index is 2.21. The molecular weight excluding hydrogens is 328 g/mol. The van der Waals surface area contributed by atoms with Gasteiger partial charge < -0.3 is 15.8 Å². The largest absolute Gasteiger partial charge is 0.496 e. The smallest absolute Gasteiger partial charge is 0.122 e. The standard InChI is InChI=1S/C17H21BrN2O/c1-17(12-19,20-15-8-5-7-14(18)10-15)11-13-6-3-4-9-16(13)21-2/h3-10,20H,11-12,19H2,1-2H3. The number of benzene rings is 2. The van der Waals surface area contributed by atoms with Crippen LogP contribution in [0, 0.1) is 0 Å². The van der Waals surface area contributed by atoms with Gasteiger partial charge in [-0.15, -0.1) is 0 Å². The van der Waals surface area contributed by atoms with Crippen LogP contribution in [0.4, 0.5) is 5.69 Å². The lowest BCUT2D eigenvalue weighted by atomic mass is 9.92. The molecule has 1 unspecified atom stereocenters. The molecule has 0 aliphatic carbocycles. The molecule has 112 valence electrons. The van der Waals surface area contributed by atoms with Crippen LogP contribution in [0.3, 0.4) is 0 Å². The molecule has 0 amide bonds. The molecule has 3 nitrogen and oxygen atoms in total. The summed E-state index contributed by atoms with van der Waals surface area (Å²) in [6, 6.07) is 16.2. The van der Waals surface area contributed by atoms with Crippen molar-refractivity contribution in [2.24, 2.45) is 5.73 Å². The topological polar surface area (TPSA) is 47.3 Å². The molecule has 21 heavy (non-hydrogen) atoms. The van der Waals surface area contributed by atoms with Gasteiger partial charge in [0.1, 0.15) is 5.75 Å². The molecule has 0 radical (unpaired) electrons. The lowest BCUT2D eigenvalue weighted by molar-refractivity contribution is 0.403. The Bertz CT molecular complexity index is 603. The summed E-state index contributed by atoms with van der Waals surface area (Å²) in [7, 11) is 1.69. The van der Waals surface area contributed by atoms with E-state index in [0.717, 1.165) is 27.9 Å². The summed E-state index contributed by atoms with van der Waals surface area (Å²) in [5.74, 6) is 0.896. The first kappa shape index (κ1) is 15.9. The van der Waals surface area contributed by atoms with Gasteiger partial charge in [0.2, 0.25) is 0 Å². The van der Waals surface area contributed by atoms with Gasteiger partial charge in [0.25, 0.3) is 0 Å². The second kappa shape index (κ2) is 6.96. The van der Waals surface area contributed by atoms with Gasteiger partial charge in [0.15, 0.2) is 0 Å². The molecule has 0 spiro atoms. The molecule has 3 N–H and O–H groups in total. The van der Waals surface area contributed by atoms with E-state index in [1.165, 1.54) is 0 Å². The Labute approximate surface area is 134 Å². The summed E-state index contributed by atoms with van der Waals surface area (Å²) in [5.41, 5.74) is 7.97. The van der Waals surface area contributed by atoms with Crippen LogP contribution in [0.1, 0.15) is 12.5 Å². The Kier molecular flexibility index (Phi) is 5.26. The number of hydrogen-bond donors (Lipinski definition) is 2. The highest BCUT2D eigenvalue weighted by molar-refractivity contribution is 9.10. The Hall–Kier alpha value is -1.52. The van der Waals surface area contributed by atoms with E-state index in [4.69, 9.17) is 10.5 Å². The minimum absolute atomic E-state index is 0.241.